The van der Waals surface area contributed by atoms with Crippen LogP contribution in [-0.4, -0.2) is 4.98 Å². The van der Waals surface area contributed by atoms with Gasteiger partial charge in [0.15, 0.2) is 0 Å². The van der Waals surface area contributed by atoms with Gasteiger partial charge in [-0.3, -0.25) is 0 Å². The number of nitrogens with zero attached hydrogens (tertiary/aromatic N) is 2. The zero-order valence-corrected chi connectivity index (χ0v) is 28.1. The van der Waals surface area contributed by atoms with Gasteiger partial charge >= 0.3 is 0 Å². The Morgan fingerprint density at radius 3 is 1.92 bits per heavy atom. The van der Waals surface area contributed by atoms with E-state index in [9.17, 15) is 0 Å². The molecule has 3 heterocycles. The maximum absolute atomic E-state index is 5.18. The summed E-state index contributed by atoms with van der Waals surface area (Å²) in [4.78, 5) is 7.61. The zero-order chi connectivity index (χ0) is 32.7. The van der Waals surface area contributed by atoms with Crippen molar-refractivity contribution < 1.29 is 0 Å². The Balaban J connectivity index is 1.16. The number of aromatic nitrogens is 1. The van der Waals surface area contributed by atoms with E-state index in [2.05, 4.69) is 176 Å². The first-order valence-corrected chi connectivity index (χ1v) is 17.7. The van der Waals surface area contributed by atoms with Gasteiger partial charge in [0.2, 0.25) is 0 Å². The first-order valence-electron chi connectivity index (χ1n) is 16.9. The van der Waals surface area contributed by atoms with E-state index < -0.39 is 0 Å². The molecule has 0 unspecified atom stereocenters. The van der Waals surface area contributed by atoms with Crippen molar-refractivity contribution in [1.82, 2.24) is 4.98 Å². The summed E-state index contributed by atoms with van der Waals surface area (Å²) in [5, 5.41) is 6.29. The minimum atomic E-state index is -0.0767. The van der Waals surface area contributed by atoms with Gasteiger partial charge < -0.3 is 4.90 Å². The molecule has 0 bridgehead atoms. The van der Waals surface area contributed by atoms with Crippen molar-refractivity contribution >= 4 is 70.2 Å². The van der Waals surface area contributed by atoms with E-state index in [4.69, 9.17) is 4.98 Å². The molecule has 7 aromatic carbocycles. The summed E-state index contributed by atoms with van der Waals surface area (Å²) >= 11 is 1.89. The van der Waals surface area contributed by atoms with Crippen LogP contribution in [0.2, 0.25) is 0 Å². The molecule has 0 atom stereocenters. The molecular formula is C46H32N2S. The van der Waals surface area contributed by atoms with Gasteiger partial charge in [-0.05, 0) is 58.7 Å². The quantitative estimate of drug-likeness (QED) is 0.178. The van der Waals surface area contributed by atoms with Crippen LogP contribution < -0.4 is 4.90 Å². The molecule has 49 heavy (non-hydrogen) atoms. The highest BCUT2D eigenvalue weighted by molar-refractivity contribution is 7.27. The van der Waals surface area contributed by atoms with Gasteiger partial charge in [-0.2, -0.15) is 0 Å². The number of hydrogen-bond acceptors (Lipinski definition) is 3. The molecule has 1 aliphatic rings. The highest BCUT2D eigenvalue weighted by Crippen LogP contribution is 2.52. The lowest BCUT2D eigenvalue weighted by Crippen LogP contribution is -2.30. The van der Waals surface area contributed by atoms with Crippen molar-refractivity contribution in [3.05, 3.63) is 169 Å². The molecule has 0 radical (unpaired) electrons. The fraction of sp³-hybridized carbons (Fsp3) is 0.0652. The van der Waals surface area contributed by atoms with Crippen molar-refractivity contribution in [2.24, 2.45) is 0 Å². The van der Waals surface area contributed by atoms with Crippen molar-refractivity contribution in [2.75, 3.05) is 4.90 Å². The second-order valence-electron chi connectivity index (χ2n) is 13.5. The Kier molecular flexibility index (Phi) is 6.12. The van der Waals surface area contributed by atoms with Crippen LogP contribution in [0.15, 0.2) is 158 Å². The molecule has 0 saturated heterocycles. The Morgan fingerprint density at radius 2 is 1.16 bits per heavy atom. The molecule has 0 saturated carbocycles. The third-order valence-electron chi connectivity index (χ3n) is 10.4. The molecule has 1 aliphatic heterocycles. The maximum atomic E-state index is 5.18. The van der Waals surface area contributed by atoms with Gasteiger partial charge in [0.25, 0.3) is 0 Å². The third kappa shape index (κ3) is 4.16. The summed E-state index contributed by atoms with van der Waals surface area (Å²) in [5.74, 6) is 0. The topological polar surface area (TPSA) is 16.1 Å². The minimum Gasteiger partial charge on any atom is -0.310 e. The molecular weight excluding hydrogens is 613 g/mol. The summed E-state index contributed by atoms with van der Waals surface area (Å²) in [6, 6.07) is 57.4. The minimum absolute atomic E-state index is 0.0767. The second kappa shape index (κ2) is 10.6. The van der Waals surface area contributed by atoms with E-state index in [1.165, 1.54) is 75.6 Å². The van der Waals surface area contributed by atoms with Crippen molar-refractivity contribution in [3.63, 3.8) is 0 Å². The van der Waals surface area contributed by atoms with Gasteiger partial charge in [0.05, 0.1) is 22.6 Å². The van der Waals surface area contributed by atoms with Crippen molar-refractivity contribution in [2.45, 2.75) is 19.3 Å². The molecule has 0 spiro atoms. The van der Waals surface area contributed by atoms with Gasteiger partial charge in [-0.15, -0.1) is 11.3 Å². The maximum Gasteiger partial charge on any atom is 0.0788 e. The lowest BCUT2D eigenvalue weighted by Gasteiger charge is -2.42. The normalized spacial score (nSPS) is 13.6. The van der Waals surface area contributed by atoms with Crippen LogP contribution in [0.4, 0.5) is 17.1 Å². The fourth-order valence-electron chi connectivity index (χ4n) is 8.11. The Bertz CT molecular complexity index is 2690. The second-order valence-corrected chi connectivity index (χ2v) is 14.6. The Morgan fingerprint density at radius 1 is 0.510 bits per heavy atom. The predicted molar refractivity (Wildman–Crippen MR) is 210 cm³/mol. The smallest absolute Gasteiger partial charge is 0.0788 e. The van der Waals surface area contributed by atoms with Crippen LogP contribution in [0, 0.1) is 0 Å². The van der Waals surface area contributed by atoms with Crippen molar-refractivity contribution in [1.29, 1.82) is 0 Å². The average Bonchev–Trinajstić information content (AvgIpc) is 3.55. The molecule has 10 rings (SSSR count). The molecule has 9 aromatic rings. The average molecular weight is 645 g/mol. The van der Waals surface area contributed by atoms with E-state index in [0.29, 0.717) is 0 Å². The van der Waals surface area contributed by atoms with Crippen LogP contribution in [0.5, 0.6) is 0 Å². The number of anilines is 3. The number of benzene rings is 7. The van der Waals surface area contributed by atoms with Crippen LogP contribution >= 0.6 is 11.3 Å². The molecule has 0 amide bonds. The number of thiophene rings is 1. The summed E-state index contributed by atoms with van der Waals surface area (Å²) < 4.78 is 2.61. The van der Waals surface area contributed by atoms with Crippen LogP contribution in [-0.2, 0) is 5.41 Å². The number of fused-ring (bicyclic) bond motifs is 9. The van der Waals surface area contributed by atoms with Crippen molar-refractivity contribution in [3.8, 4) is 22.4 Å². The van der Waals surface area contributed by atoms with Gasteiger partial charge in [0.1, 0.15) is 0 Å². The molecule has 0 aliphatic carbocycles. The van der Waals surface area contributed by atoms with E-state index in [-0.39, 0.29) is 5.41 Å². The van der Waals surface area contributed by atoms with E-state index in [1.807, 2.05) is 11.3 Å². The SMILES string of the molecule is CC1(C)c2ccccc2N(c2ccc(-c3cccc4sc5c(ccc6c(-c7ccccc7)nc7ccccc7c65)c34)cc2)c2ccccc21. The number of pyridine rings is 1. The van der Waals surface area contributed by atoms with E-state index in [0.717, 1.165) is 16.8 Å². The first-order chi connectivity index (χ1) is 24.1. The lowest BCUT2D eigenvalue weighted by atomic mass is 9.73. The molecule has 2 nitrogen and oxygen atoms in total. The molecule has 0 fully saturated rings. The number of para-hydroxylation sites is 3. The van der Waals surface area contributed by atoms with Gasteiger partial charge in [-0.1, -0.05) is 135 Å². The summed E-state index contributed by atoms with van der Waals surface area (Å²) in [5.41, 5.74) is 12.0. The van der Waals surface area contributed by atoms with E-state index in [1.54, 1.807) is 0 Å². The Labute approximate surface area is 289 Å². The lowest BCUT2D eigenvalue weighted by molar-refractivity contribution is 0.632. The molecule has 0 N–H and O–H groups in total. The Hall–Kier alpha value is -5.77. The zero-order valence-electron chi connectivity index (χ0n) is 27.3. The van der Waals surface area contributed by atoms with Crippen LogP contribution in [0.3, 0.4) is 0 Å². The monoisotopic (exact) mass is 644 g/mol. The number of rotatable bonds is 3. The largest absolute Gasteiger partial charge is 0.310 e. The summed E-state index contributed by atoms with van der Waals surface area (Å²) in [6.07, 6.45) is 0. The predicted octanol–water partition coefficient (Wildman–Crippen LogP) is 13.2. The van der Waals surface area contributed by atoms with E-state index >= 15 is 0 Å². The highest BCUT2D eigenvalue weighted by atomic mass is 32.1. The molecule has 2 aromatic heterocycles. The standard InChI is InChI=1S/C46H32N2S/c1-46(2)36-17-7-10-20-39(36)48(40-21-11-8-18-37(40)46)31-25-23-29(24-26-31)32-16-12-22-41-42(32)35-28-27-34-43(45(35)49-41)33-15-6-9-19-38(33)47-44(34)30-13-4-3-5-14-30/h3-28H,1-2H3. The number of hydrogen-bond donors (Lipinski definition) is 0. The van der Waals surface area contributed by atoms with Crippen LogP contribution in [0.25, 0.3) is 64.2 Å². The summed E-state index contributed by atoms with van der Waals surface area (Å²) in [7, 11) is 0. The third-order valence-corrected chi connectivity index (χ3v) is 11.6. The molecule has 232 valence electrons. The van der Waals surface area contributed by atoms with Gasteiger partial charge in [-0.25, -0.2) is 4.98 Å². The first kappa shape index (κ1) is 28.3. The molecule has 3 heteroatoms. The van der Waals surface area contributed by atoms with Gasteiger partial charge in [0, 0.05) is 53.0 Å². The highest BCUT2D eigenvalue weighted by Gasteiger charge is 2.36. The summed E-state index contributed by atoms with van der Waals surface area (Å²) in [6.45, 7) is 4.67. The van der Waals surface area contributed by atoms with Crippen LogP contribution in [0.1, 0.15) is 25.0 Å². The fourth-order valence-corrected chi connectivity index (χ4v) is 9.40.